The molecule has 1 atom stereocenters. The van der Waals surface area contributed by atoms with Crippen LogP contribution in [-0.2, 0) is 6.18 Å². The van der Waals surface area contributed by atoms with Crippen LogP contribution >= 0.6 is 0 Å². The fourth-order valence-corrected chi connectivity index (χ4v) is 2.44. The van der Waals surface area contributed by atoms with Crippen molar-refractivity contribution in [1.82, 2.24) is 0 Å². The Kier molecular flexibility index (Phi) is 4.30. The molecule has 0 aliphatic heterocycles. The van der Waals surface area contributed by atoms with Crippen LogP contribution < -0.4 is 5.73 Å². The minimum Gasteiger partial charge on any atom is -0.321 e. The molecule has 0 heterocycles. The molecule has 0 aromatic heterocycles. The molecule has 1 aliphatic rings. The van der Waals surface area contributed by atoms with E-state index < -0.39 is 17.8 Å². The van der Waals surface area contributed by atoms with Crippen molar-refractivity contribution in [2.45, 2.75) is 44.3 Å². The number of rotatable bonds is 2. The first-order valence-corrected chi connectivity index (χ1v) is 6.60. The maximum absolute atomic E-state index is 12.7. The summed E-state index contributed by atoms with van der Waals surface area (Å²) in [6.45, 7) is 0. The van der Waals surface area contributed by atoms with Crippen molar-refractivity contribution in [2.75, 3.05) is 0 Å². The first-order valence-electron chi connectivity index (χ1n) is 6.60. The van der Waals surface area contributed by atoms with E-state index in [1.54, 1.807) is 6.07 Å². The Labute approximate surface area is 111 Å². The van der Waals surface area contributed by atoms with Crippen LogP contribution in [0.1, 0.15) is 49.3 Å². The van der Waals surface area contributed by atoms with Gasteiger partial charge in [-0.1, -0.05) is 30.2 Å². The highest BCUT2D eigenvalue weighted by molar-refractivity contribution is 5.33. The molecule has 0 saturated carbocycles. The van der Waals surface area contributed by atoms with E-state index in [1.165, 1.54) is 6.07 Å². The molecule has 0 bridgehead atoms. The molecular formula is C15H18F3N. The molecule has 1 aromatic carbocycles. The Morgan fingerprint density at radius 1 is 1.11 bits per heavy atom. The monoisotopic (exact) mass is 269 g/mol. The lowest BCUT2D eigenvalue weighted by Crippen LogP contribution is -2.15. The van der Waals surface area contributed by atoms with Gasteiger partial charge in [0, 0.05) is 0 Å². The molecule has 1 aliphatic carbocycles. The van der Waals surface area contributed by atoms with E-state index >= 15 is 0 Å². The van der Waals surface area contributed by atoms with E-state index in [-0.39, 0.29) is 0 Å². The second-order valence-electron chi connectivity index (χ2n) is 4.98. The van der Waals surface area contributed by atoms with Crippen molar-refractivity contribution in [1.29, 1.82) is 0 Å². The zero-order valence-electron chi connectivity index (χ0n) is 10.7. The van der Waals surface area contributed by atoms with E-state index in [9.17, 15) is 13.2 Å². The molecule has 104 valence electrons. The molecule has 0 saturated heterocycles. The highest BCUT2D eigenvalue weighted by Gasteiger charge is 2.30. The first-order chi connectivity index (χ1) is 8.98. The largest absolute Gasteiger partial charge is 0.416 e. The molecule has 1 nitrogen and oxygen atoms in total. The summed E-state index contributed by atoms with van der Waals surface area (Å²) in [5.41, 5.74) is 7.10. The molecule has 2 N–H and O–H groups in total. The van der Waals surface area contributed by atoms with Gasteiger partial charge in [0.05, 0.1) is 11.6 Å². The number of hydrogen-bond donors (Lipinski definition) is 1. The lowest BCUT2D eigenvalue weighted by molar-refractivity contribution is -0.137. The van der Waals surface area contributed by atoms with E-state index in [4.69, 9.17) is 5.73 Å². The second kappa shape index (κ2) is 5.78. The van der Waals surface area contributed by atoms with Crippen LogP contribution in [0.4, 0.5) is 13.2 Å². The number of halogens is 3. The van der Waals surface area contributed by atoms with Crippen LogP contribution in [0, 0.1) is 0 Å². The van der Waals surface area contributed by atoms with E-state index in [0.717, 1.165) is 49.8 Å². The van der Waals surface area contributed by atoms with Gasteiger partial charge >= 0.3 is 6.18 Å². The summed E-state index contributed by atoms with van der Waals surface area (Å²) in [5, 5.41) is 0. The molecule has 19 heavy (non-hydrogen) atoms. The highest BCUT2D eigenvalue weighted by atomic mass is 19.4. The van der Waals surface area contributed by atoms with Crippen LogP contribution in [0.5, 0.6) is 0 Å². The van der Waals surface area contributed by atoms with Crippen molar-refractivity contribution in [3.8, 4) is 0 Å². The first kappa shape index (κ1) is 14.1. The lowest BCUT2D eigenvalue weighted by atomic mass is 9.95. The second-order valence-corrected chi connectivity index (χ2v) is 4.98. The van der Waals surface area contributed by atoms with Crippen molar-refractivity contribution in [2.24, 2.45) is 5.73 Å². The third-order valence-corrected chi connectivity index (χ3v) is 3.55. The van der Waals surface area contributed by atoms with Crippen molar-refractivity contribution < 1.29 is 13.2 Å². The Morgan fingerprint density at radius 2 is 1.89 bits per heavy atom. The normalized spacial score (nSPS) is 18.6. The van der Waals surface area contributed by atoms with Gasteiger partial charge in [-0.2, -0.15) is 13.2 Å². The van der Waals surface area contributed by atoms with Gasteiger partial charge in [0.15, 0.2) is 0 Å². The van der Waals surface area contributed by atoms with E-state index in [0.29, 0.717) is 5.56 Å². The number of hydrogen-bond acceptors (Lipinski definition) is 1. The number of nitrogens with two attached hydrogens (primary N) is 1. The molecule has 4 heteroatoms. The van der Waals surface area contributed by atoms with Gasteiger partial charge in [0.25, 0.3) is 0 Å². The molecule has 0 fully saturated rings. The minimum atomic E-state index is -4.31. The molecule has 0 spiro atoms. The highest BCUT2D eigenvalue weighted by Crippen LogP contribution is 2.33. The van der Waals surface area contributed by atoms with Crippen molar-refractivity contribution >= 4 is 0 Å². The van der Waals surface area contributed by atoms with Crippen LogP contribution in [0.25, 0.3) is 0 Å². The van der Waals surface area contributed by atoms with Gasteiger partial charge in [-0.15, -0.1) is 0 Å². The maximum Gasteiger partial charge on any atom is 0.416 e. The molecule has 1 aromatic rings. The number of alkyl halides is 3. The third kappa shape index (κ3) is 3.60. The summed E-state index contributed by atoms with van der Waals surface area (Å²) in [4.78, 5) is 0. The van der Waals surface area contributed by atoms with Gasteiger partial charge in [0.2, 0.25) is 0 Å². The van der Waals surface area contributed by atoms with E-state index in [2.05, 4.69) is 6.08 Å². The molecular weight excluding hydrogens is 251 g/mol. The summed E-state index contributed by atoms with van der Waals surface area (Å²) >= 11 is 0. The number of benzene rings is 1. The SMILES string of the molecule is NC(C1=CCCCCC1)c1cccc(C(F)(F)F)c1. The maximum atomic E-state index is 12.7. The standard InChI is InChI=1S/C15H18F3N/c16-15(17,18)13-9-5-8-12(10-13)14(19)11-6-3-1-2-4-7-11/h5-6,8-10,14H,1-4,7,19H2. The van der Waals surface area contributed by atoms with E-state index in [1.807, 2.05) is 0 Å². The van der Waals surface area contributed by atoms with Gasteiger partial charge in [-0.05, 0) is 43.4 Å². The van der Waals surface area contributed by atoms with Gasteiger partial charge in [0.1, 0.15) is 0 Å². The summed E-state index contributed by atoms with van der Waals surface area (Å²) in [6, 6.07) is 4.93. The fourth-order valence-electron chi connectivity index (χ4n) is 2.44. The molecule has 1 unspecified atom stereocenters. The Balaban J connectivity index is 2.23. The predicted octanol–water partition coefficient (Wildman–Crippen LogP) is 4.60. The van der Waals surface area contributed by atoms with Crippen LogP contribution in [-0.4, -0.2) is 0 Å². The Hall–Kier alpha value is -1.29. The Morgan fingerprint density at radius 3 is 2.63 bits per heavy atom. The minimum absolute atomic E-state index is 0.416. The lowest BCUT2D eigenvalue weighted by Gasteiger charge is -2.17. The zero-order chi connectivity index (χ0) is 13.9. The van der Waals surface area contributed by atoms with Gasteiger partial charge in [-0.25, -0.2) is 0 Å². The van der Waals surface area contributed by atoms with Crippen LogP contribution in [0.2, 0.25) is 0 Å². The average Bonchev–Trinajstić information content (AvgIpc) is 2.66. The Bertz CT molecular complexity index is 463. The smallest absolute Gasteiger partial charge is 0.321 e. The summed E-state index contributed by atoms with van der Waals surface area (Å²) in [6.07, 6.45) is 3.01. The topological polar surface area (TPSA) is 26.0 Å². The zero-order valence-corrected chi connectivity index (χ0v) is 10.7. The van der Waals surface area contributed by atoms with Gasteiger partial charge < -0.3 is 5.73 Å². The predicted molar refractivity (Wildman–Crippen MR) is 69.5 cm³/mol. The summed E-state index contributed by atoms with van der Waals surface area (Å²) < 4.78 is 38.0. The van der Waals surface area contributed by atoms with Crippen molar-refractivity contribution in [3.05, 3.63) is 47.0 Å². The third-order valence-electron chi connectivity index (χ3n) is 3.55. The number of allylic oxidation sites excluding steroid dienone is 1. The van der Waals surface area contributed by atoms with Crippen LogP contribution in [0.3, 0.4) is 0 Å². The molecule has 0 radical (unpaired) electrons. The quantitative estimate of drug-likeness (QED) is 0.780. The summed E-state index contributed by atoms with van der Waals surface area (Å²) in [5.74, 6) is 0. The van der Waals surface area contributed by atoms with Crippen molar-refractivity contribution in [3.63, 3.8) is 0 Å². The average molecular weight is 269 g/mol. The summed E-state index contributed by atoms with van der Waals surface area (Å²) in [7, 11) is 0. The molecule has 0 amide bonds. The fraction of sp³-hybridized carbons (Fsp3) is 0.467. The van der Waals surface area contributed by atoms with Gasteiger partial charge in [-0.3, -0.25) is 0 Å². The molecule has 2 rings (SSSR count). The van der Waals surface area contributed by atoms with Crippen LogP contribution in [0.15, 0.2) is 35.9 Å².